The maximum atomic E-state index is 14.4. The van der Waals surface area contributed by atoms with E-state index in [1.807, 2.05) is 48.5 Å². The number of nitro groups is 1. The third-order valence-electron chi connectivity index (χ3n) is 8.48. The van der Waals surface area contributed by atoms with E-state index in [-0.39, 0.29) is 29.6 Å². The summed E-state index contributed by atoms with van der Waals surface area (Å²) in [5.41, 5.74) is 4.30. The van der Waals surface area contributed by atoms with Crippen LogP contribution in [0.4, 0.5) is 5.69 Å². The molecule has 3 aliphatic carbocycles. The lowest BCUT2D eigenvalue weighted by molar-refractivity contribution is -0.384. The number of hydrazine groups is 1. The monoisotopic (exact) mass is 563 g/mol. The van der Waals surface area contributed by atoms with Crippen LogP contribution in [0.2, 0.25) is 5.02 Å². The molecule has 0 radical (unpaired) electrons. The van der Waals surface area contributed by atoms with E-state index in [0.29, 0.717) is 10.6 Å². The van der Waals surface area contributed by atoms with Gasteiger partial charge in [-0.05, 0) is 39.9 Å². The van der Waals surface area contributed by atoms with E-state index in [1.165, 1.54) is 18.2 Å². The maximum absolute atomic E-state index is 14.4. The number of nitro benzene ring substituents is 1. The second-order valence-corrected chi connectivity index (χ2v) is 10.9. The van der Waals surface area contributed by atoms with Gasteiger partial charge < -0.3 is 0 Å². The first kappa shape index (κ1) is 25.2. The summed E-state index contributed by atoms with van der Waals surface area (Å²) in [6.07, 6.45) is 0. The molecule has 2 atom stereocenters. The molecule has 4 aromatic rings. The Balaban J connectivity index is 1.36. The van der Waals surface area contributed by atoms with Crippen LogP contribution in [0.25, 0.3) is 0 Å². The molecule has 0 spiro atoms. The van der Waals surface area contributed by atoms with Crippen molar-refractivity contribution in [1.29, 1.82) is 0 Å². The predicted octanol–water partition coefficient (Wildman–Crippen LogP) is 5.70. The number of non-ortho nitro benzene ring substituents is 1. The van der Waals surface area contributed by atoms with Gasteiger partial charge in [0.05, 0.1) is 23.3 Å². The van der Waals surface area contributed by atoms with Gasteiger partial charge in [-0.1, -0.05) is 84.4 Å². The molecule has 0 unspecified atom stereocenters. The normalized spacial score (nSPS) is 21.7. The van der Waals surface area contributed by atoms with Crippen molar-refractivity contribution in [3.05, 3.63) is 146 Å². The average Bonchev–Trinajstić information content (AvgIpc) is 3.26. The van der Waals surface area contributed by atoms with Crippen LogP contribution in [0.15, 0.2) is 97.1 Å². The summed E-state index contributed by atoms with van der Waals surface area (Å²) < 4.78 is 0. The summed E-state index contributed by atoms with van der Waals surface area (Å²) in [5.74, 6) is -3.71. The van der Waals surface area contributed by atoms with Crippen molar-refractivity contribution < 1.29 is 19.3 Å². The first-order valence-electron chi connectivity index (χ1n) is 13.2. The lowest BCUT2D eigenvalue weighted by atomic mass is 9.55. The van der Waals surface area contributed by atoms with Crippen molar-refractivity contribution in [2.24, 2.45) is 11.8 Å². The highest BCUT2D eigenvalue weighted by molar-refractivity contribution is 6.31. The molecule has 1 heterocycles. The maximum Gasteiger partial charge on any atom is 0.273 e. The molecule has 0 saturated carbocycles. The molecule has 4 aromatic carbocycles. The van der Waals surface area contributed by atoms with Crippen LogP contribution in [-0.4, -0.2) is 32.7 Å². The number of rotatable bonds is 5. The largest absolute Gasteiger partial charge is 0.273 e. The fraction of sp³-hybridized carbons (Fsp3) is 0.156. The molecule has 8 rings (SSSR count). The average molecular weight is 564 g/mol. The van der Waals surface area contributed by atoms with Gasteiger partial charge in [-0.3, -0.25) is 24.5 Å². The van der Waals surface area contributed by atoms with E-state index in [1.54, 1.807) is 24.3 Å². The molecular weight excluding hydrogens is 542 g/mol. The first-order valence-corrected chi connectivity index (χ1v) is 13.6. The zero-order chi connectivity index (χ0) is 28.4. The van der Waals surface area contributed by atoms with Gasteiger partial charge in [-0.15, -0.1) is 0 Å². The standard InChI is InChI=1S/C32H22ClN3O5/c33-25-15-6-1-8-19(25)17-34(30(37)18-9-7-10-20(16-18)36(40)41)35-31(38)28-26-21-11-2-3-12-22(21)27(29(28)32(35)39)24-14-5-4-13-23(24)26/h1-16,26-29H,17H2/t26?,27?,28-,29-/m0/s1. The van der Waals surface area contributed by atoms with Crippen LogP contribution < -0.4 is 0 Å². The molecule has 41 heavy (non-hydrogen) atoms. The predicted molar refractivity (Wildman–Crippen MR) is 150 cm³/mol. The summed E-state index contributed by atoms with van der Waals surface area (Å²) in [6.45, 7) is -0.173. The van der Waals surface area contributed by atoms with E-state index in [2.05, 4.69) is 0 Å². The van der Waals surface area contributed by atoms with Gasteiger partial charge in [-0.25, -0.2) is 5.01 Å². The minimum absolute atomic E-state index is 0.0173. The third-order valence-corrected chi connectivity index (χ3v) is 8.85. The van der Waals surface area contributed by atoms with Crippen LogP contribution in [0, 0.1) is 22.0 Å². The second-order valence-electron chi connectivity index (χ2n) is 10.5. The lowest BCUT2D eigenvalue weighted by Gasteiger charge is -2.45. The number of hydrogen-bond donors (Lipinski definition) is 0. The van der Waals surface area contributed by atoms with Crippen LogP contribution >= 0.6 is 11.6 Å². The third kappa shape index (κ3) is 3.71. The van der Waals surface area contributed by atoms with Gasteiger partial charge >= 0.3 is 0 Å². The number of nitrogens with zero attached hydrogens (tertiary/aromatic N) is 3. The molecule has 4 aliphatic rings. The topological polar surface area (TPSA) is 101 Å². The highest BCUT2D eigenvalue weighted by Crippen LogP contribution is 2.61. The van der Waals surface area contributed by atoms with E-state index < -0.39 is 34.5 Å². The molecule has 1 aliphatic heterocycles. The number of imide groups is 1. The highest BCUT2D eigenvalue weighted by Gasteiger charge is 2.63. The lowest BCUT2D eigenvalue weighted by Crippen LogP contribution is -2.50. The van der Waals surface area contributed by atoms with Crippen LogP contribution in [0.3, 0.4) is 0 Å². The molecule has 1 saturated heterocycles. The summed E-state index contributed by atoms with van der Waals surface area (Å²) in [6, 6.07) is 27.9. The van der Waals surface area contributed by atoms with Crippen molar-refractivity contribution in [2.75, 3.05) is 0 Å². The number of carbonyl (C=O) groups is 3. The van der Waals surface area contributed by atoms with Crippen molar-refractivity contribution in [1.82, 2.24) is 10.0 Å². The second kappa shape index (κ2) is 9.38. The Hall–Kier alpha value is -4.82. The van der Waals surface area contributed by atoms with Crippen molar-refractivity contribution >= 4 is 35.0 Å². The molecule has 8 nitrogen and oxygen atoms in total. The Bertz CT molecular complexity index is 1670. The van der Waals surface area contributed by atoms with Gasteiger partial charge in [-0.2, -0.15) is 5.01 Å². The van der Waals surface area contributed by atoms with Crippen molar-refractivity contribution in [3.63, 3.8) is 0 Å². The summed E-state index contributed by atoms with van der Waals surface area (Å²) in [4.78, 5) is 53.6. The van der Waals surface area contributed by atoms with Crippen molar-refractivity contribution in [3.8, 4) is 0 Å². The van der Waals surface area contributed by atoms with E-state index in [9.17, 15) is 24.5 Å². The number of carbonyl (C=O) groups excluding carboxylic acids is 3. The van der Waals surface area contributed by atoms with Crippen LogP contribution in [0.5, 0.6) is 0 Å². The number of amides is 3. The van der Waals surface area contributed by atoms with E-state index in [0.717, 1.165) is 38.3 Å². The summed E-state index contributed by atoms with van der Waals surface area (Å²) in [5, 5.41) is 13.9. The fourth-order valence-electron chi connectivity index (χ4n) is 6.82. The molecule has 0 aromatic heterocycles. The quantitative estimate of drug-likeness (QED) is 0.176. The Labute approximate surface area is 239 Å². The van der Waals surface area contributed by atoms with Gasteiger partial charge in [0, 0.05) is 34.6 Å². The molecule has 3 amide bonds. The minimum atomic E-state index is -0.712. The van der Waals surface area contributed by atoms with Crippen LogP contribution in [0.1, 0.15) is 50.0 Å². The van der Waals surface area contributed by atoms with Gasteiger partial charge in [0.25, 0.3) is 23.4 Å². The Morgan fingerprint density at radius 1 is 0.780 bits per heavy atom. The van der Waals surface area contributed by atoms with Gasteiger partial charge in [0.1, 0.15) is 0 Å². The smallest absolute Gasteiger partial charge is 0.272 e. The number of hydrogen-bond acceptors (Lipinski definition) is 5. The van der Waals surface area contributed by atoms with Gasteiger partial charge in [0.2, 0.25) is 0 Å². The number of benzene rings is 4. The van der Waals surface area contributed by atoms with Crippen molar-refractivity contribution in [2.45, 2.75) is 18.4 Å². The minimum Gasteiger partial charge on any atom is -0.272 e. The molecular formula is C32H22ClN3O5. The Kier molecular flexibility index (Phi) is 5.76. The highest BCUT2D eigenvalue weighted by atomic mass is 35.5. The SMILES string of the molecule is O=C(c1cccc([N+](=O)[O-])c1)N(Cc1ccccc1Cl)N1C(=O)[C@H]2C3c4ccccc4C(c4ccccc43)[C@@H]2C1=O. The van der Waals surface area contributed by atoms with E-state index in [4.69, 9.17) is 11.6 Å². The Morgan fingerprint density at radius 3 is 1.80 bits per heavy atom. The fourth-order valence-corrected chi connectivity index (χ4v) is 7.02. The first-order chi connectivity index (χ1) is 19.9. The molecule has 0 N–H and O–H groups in total. The summed E-state index contributed by atoms with van der Waals surface area (Å²) >= 11 is 6.45. The Morgan fingerprint density at radius 2 is 1.29 bits per heavy atom. The number of halogens is 1. The molecule has 2 bridgehead atoms. The van der Waals surface area contributed by atoms with Crippen LogP contribution in [-0.2, 0) is 16.1 Å². The zero-order valence-corrected chi connectivity index (χ0v) is 22.3. The van der Waals surface area contributed by atoms with E-state index >= 15 is 0 Å². The molecule has 202 valence electrons. The summed E-state index contributed by atoms with van der Waals surface area (Å²) in [7, 11) is 0. The zero-order valence-electron chi connectivity index (χ0n) is 21.5. The van der Waals surface area contributed by atoms with Gasteiger partial charge in [0.15, 0.2) is 0 Å². The molecule has 1 fully saturated rings. The molecule has 9 heteroatoms.